The van der Waals surface area contributed by atoms with E-state index in [0.717, 1.165) is 47.0 Å². The van der Waals surface area contributed by atoms with Crippen molar-refractivity contribution in [2.24, 2.45) is 5.10 Å². The molecule has 176 valence electrons. The zero-order valence-electron chi connectivity index (χ0n) is 19.2. The van der Waals surface area contributed by atoms with Crippen LogP contribution < -0.4 is 20.4 Å². The highest BCUT2D eigenvalue weighted by molar-refractivity contribution is 7.12. The molecule has 1 atom stereocenters. The fourth-order valence-electron chi connectivity index (χ4n) is 3.93. The van der Waals surface area contributed by atoms with Crippen molar-refractivity contribution in [3.63, 3.8) is 0 Å². The van der Waals surface area contributed by atoms with E-state index in [-0.39, 0.29) is 18.1 Å². The number of amides is 2. The van der Waals surface area contributed by atoms with Crippen molar-refractivity contribution in [3.8, 4) is 5.75 Å². The Bertz CT molecular complexity index is 1000. The molecule has 0 radical (unpaired) electrons. The molecule has 2 aliphatic rings. The lowest BCUT2D eigenvalue weighted by atomic mass is 10.1. The van der Waals surface area contributed by atoms with Crippen LogP contribution in [0.5, 0.6) is 5.75 Å². The van der Waals surface area contributed by atoms with Crippen LogP contribution in [-0.4, -0.2) is 42.0 Å². The van der Waals surface area contributed by atoms with Gasteiger partial charge in [0, 0.05) is 25.9 Å². The fourth-order valence-corrected chi connectivity index (χ4v) is 4.76. The van der Waals surface area contributed by atoms with Gasteiger partial charge in [0.1, 0.15) is 16.5 Å². The molecule has 33 heavy (non-hydrogen) atoms. The van der Waals surface area contributed by atoms with Crippen molar-refractivity contribution >= 4 is 34.7 Å². The van der Waals surface area contributed by atoms with Crippen LogP contribution in [0.4, 0.5) is 5.69 Å². The molecule has 0 bridgehead atoms. The summed E-state index contributed by atoms with van der Waals surface area (Å²) in [6.07, 6.45) is 3.40. The van der Waals surface area contributed by atoms with E-state index in [9.17, 15) is 9.59 Å². The van der Waals surface area contributed by atoms with Crippen LogP contribution in [0.15, 0.2) is 40.8 Å². The second-order valence-corrected chi connectivity index (χ2v) is 9.07. The molecular weight excluding hydrogens is 438 g/mol. The lowest BCUT2D eigenvalue weighted by Gasteiger charge is -2.39. The third-order valence-corrected chi connectivity index (χ3v) is 6.59. The Morgan fingerprint density at radius 2 is 2.03 bits per heavy atom. The van der Waals surface area contributed by atoms with E-state index in [1.165, 1.54) is 11.3 Å². The van der Waals surface area contributed by atoms with Gasteiger partial charge in [-0.25, -0.2) is 0 Å². The molecule has 0 aliphatic carbocycles. The number of fused-ring (bicyclic) bond motifs is 3. The quantitative estimate of drug-likeness (QED) is 0.521. The highest BCUT2D eigenvalue weighted by Crippen LogP contribution is 2.36. The Hall–Kier alpha value is -3.07. The first-order chi connectivity index (χ1) is 16.1. The van der Waals surface area contributed by atoms with Gasteiger partial charge < -0.3 is 10.1 Å². The molecule has 4 rings (SSSR count). The summed E-state index contributed by atoms with van der Waals surface area (Å²) in [6, 6.07) is 9.74. The molecule has 0 saturated heterocycles. The number of hydrogen-bond donors (Lipinski definition) is 2. The Labute approximate surface area is 198 Å². The van der Waals surface area contributed by atoms with Crippen LogP contribution in [0.2, 0.25) is 0 Å². The molecule has 9 heteroatoms. The Kier molecular flexibility index (Phi) is 7.49. The summed E-state index contributed by atoms with van der Waals surface area (Å²) in [4.78, 5) is 30.1. The Balaban J connectivity index is 1.32. The number of carbonyl (C=O) groups is 2. The second-order valence-electron chi connectivity index (χ2n) is 8.16. The van der Waals surface area contributed by atoms with E-state index >= 15 is 0 Å². The molecule has 3 heterocycles. The molecule has 1 unspecified atom stereocenters. The minimum Gasteiger partial charge on any atom is -0.494 e. The number of ether oxygens (including phenoxy) is 1. The van der Waals surface area contributed by atoms with Gasteiger partial charge in [-0.3, -0.25) is 24.8 Å². The summed E-state index contributed by atoms with van der Waals surface area (Å²) in [7, 11) is 0. The summed E-state index contributed by atoms with van der Waals surface area (Å²) in [5, 5.41) is 9.40. The summed E-state index contributed by atoms with van der Waals surface area (Å²) in [5.74, 6) is 1.63. The molecule has 2 N–H and O–H groups in total. The standard InChI is InChI=1S/C24H31N5O3S/c1-3-5-13-28-23(31)22-19(12-15-33-22)29-20(26-27-24(28)29)10-11-21(30)25-16-17-6-8-18(9-7-17)32-14-4-2/h6-9,12,15,24,27H,3-5,10-11,13-14,16H2,1-2H3,(H,25,30). The van der Waals surface area contributed by atoms with Crippen LogP contribution in [-0.2, 0) is 11.3 Å². The van der Waals surface area contributed by atoms with E-state index in [1.807, 2.05) is 40.6 Å². The summed E-state index contributed by atoms with van der Waals surface area (Å²) < 4.78 is 5.59. The van der Waals surface area contributed by atoms with Gasteiger partial charge in [-0.2, -0.15) is 5.10 Å². The average molecular weight is 470 g/mol. The molecule has 1 aromatic heterocycles. The van der Waals surface area contributed by atoms with Crippen LogP contribution in [0.3, 0.4) is 0 Å². The number of unbranched alkanes of at least 4 members (excludes halogenated alkanes) is 1. The number of rotatable bonds is 11. The smallest absolute Gasteiger partial charge is 0.269 e. The maximum absolute atomic E-state index is 12.9. The first kappa shape index (κ1) is 23.1. The number of hydrazone groups is 1. The first-order valence-electron chi connectivity index (χ1n) is 11.6. The van der Waals surface area contributed by atoms with Gasteiger partial charge in [0.2, 0.25) is 12.2 Å². The van der Waals surface area contributed by atoms with Crippen molar-refractivity contribution in [2.75, 3.05) is 18.1 Å². The van der Waals surface area contributed by atoms with E-state index in [1.54, 1.807) is 0 Å². The number of nitrogens with one attached hydrogen (secondary N) is 2. The fraction of sp³-hybridized carbons (Fsp3) is 0.458. The summed E-state index contributed by atoms with van der Waals surface area (Å²) in [6.45, 7) is 6.03. The van der Waals surface area contributed by atoms with E-state index in [2.05, 4.69) is 34.6 Å². The van der Waals surface area contributed by atoms with Crippen LogP contribution in [0.1, 0.15) is 61.2 Å². The van der Waals surface area contributed by atoms with Crippen LogP contribution >= 0.6 is 11.3 Å². The third kappa shape index (κ3) is 5.13. The number of anilines is 1. The molecule has 8 nitrogen and oxygen atoms in total. The van der Waals surface area contributed by atoms with Gasteiger partial charge in [-0.15, -0.1) is 11.3 Å². The average Bonchev–Trinajstić information content (AvgIpc) is 3.48. The lowest BCUT2D eigenvalue weighted by molar-refractivity contribution is -0.121. The molecule has 1 aromatic carbocycles. The van der Waals surface area contributed by atoms with Crippen LogP contribution in [0, 0.1) is 0 Å². The highest BCUT2D eigenvalue weighted by atomic mass is 32.1. The maximum atomic E-state index is 12.9. The SMILES string of the molecule is CCCCN1C(=O)c2sccc2N2C(CCC(=O)NCc3ccc(OCCC)cc3)=NNC12. The molecule has 2 amide bonds. The third-order valence-electron chi connectivity index (χ3n) is 5.70. The number of carbonyl (C=O) groups excluding carboxylic acids is 2. The van der Waals surface area contributed by atoms with E-state index in [4.69, 9.17) is 4.74 Å². The van der Waals surface area contributed by atoms with Gasteiger partial charge in [0.25, 0.3) is 5.91 Å². The first-order valence-corrected chi connectivity index (χ1v) is 12.5. The van der Waals surface area contributed by atoms with E-state index < -0.39 is 0 Å². The second kappa shape index (κ2) is 10.7. The predicted octanol–water partition coefficient (Wildman–Crippen LogP) is 3.90. The zero-order chi connectivity index (χ0) is 23.2. The highest BCUT2D eigenvalue weighted by Gasteiger charge is 2.43. The Morgan fingerprint density at radius 1 is 1.21 bits per heavy atom. The van der Waals surface area contributed by atoms with Gasteiger partial charge in [0.15, 0.2) is 0 Å². The number of amidine groups is 1. The van der Waals surface area contributed by atoms with Crippen molar-refractivity contribution in [1.29, 1.82) is 0 Å². The normalized spacial score (nSPS) is 16.7. The Morgan fingerprint density at radius 3 is 2.79 bits per heavy atom. The molecule has 2 aliphatic heterocycles. The maximum Gasteiger partial charge on any atom is 0.269 e. The number of thiophene rings is 1. The minimum atomic E-state index is -0.322. The largest absolute Gasteiger partial charge is 0.494 e. The summed E-state index contributed by atoms with van der Waals surface area (Å²) in [5.41, 5.74) is 5.01. The van der Waals surface area contributed by atoms with Gasteiger partial charge >= 0.3 is 0 Å². The molecule has 0 fully saturated rings. The van der Waals surface area contributed by atoms with Gasteiger partial charge in [-0.1, -0.05) is 32.4 Å². The summed E-state index contributed by atoms with van der Waals surface area (Å²) >= 11 is 1.45. The molecule has 2 aromatic rings. The monoisotopic (exact) mass is 469 g/mol. The van der Waals surface area contributed by atoms with Gasteiger partial charge in [-0.05, 0) is 42.0 Å². The number of nitrogens with zero attached hydrogens (tertiary/aromatic N) is 3. The molecule has 0 saturated carbocycles. The molecule has 0 spiro atoms. The van der Waals surface area contributed by atoms with Crippen molar-refractivity contribution in [2.45, 2.75) is 58.8 Å². The number of benzene rings is 1. The van der Waals surface area contributed by atoms with Gasteiger partial charge in [0.05, 0.1) is 12.3 Å². The van der Waals surface area contributed by atoms with Crippen LogP contribution in [0.25, 0.3) is 0 Å². The zero-order valence-corrected chi connectivity index (χ0v) is 20.0. The van der Waals surface area contributed by atoms with Crippen molar-refractivity contribution in [3.05, 3.63) is 46.2 Å². The molecular formula is C24H31N5O3S. The van der Waals surface area contributed by atoms with Crippen molar-refractivity contribution in [1.82, 2.24) is 15.6 Å². The minimum absolute atomic E-state index is 0.0334. The topological polar surface area (TPSA) is 86.3 Å². The number of hydrogen-bond acceptors (Lipinski definition) is 7. The predicted molar refractivity (Wildman–Crippen MR) is 130 cm³/mol. The van der Waals surface area contributed by atoms with Crippen molar-refractivity contribution < 1.29 is 14.3 Å². The van der Waals surface area contributed by atoms with E-state index in [0.29, 0.717) is 32.5 Å². The lowest BCUT2D eigenvalue weighted by Crippen LogP contribution is -2.58.